The third-order valence-electron chi connectivity index (χ3n) is 10.7. The fourth-order valence-electron chi connectivity index (χ4n) is 6.64. The quantitative estimate of drug-likeness (QED) is 0.0213. The van der Waals surface area contributed by atoms with E-state index in [0.717, 1.165) is 122 Å². The number of ether oxygens (including phenoxy) is 2. The van der Waals surface area contributed by atoms with Gasteiger partial charge in [0, 0.05) is 13.0 Å². The lowest BCUT2D eigenvalue weighted by Gasteiger charge is -2.24. The Balaban J connectivity index is 4.24. The summed E-state index contributed by atoms with van der Waals surface area (Å²) in [5.74, 6) is -0.347. The molecule has 0 rings (SSSR count). The van der Waals surface area contributed by atoms with E-state index in [1.54, 1.807) is 0 Å². The first kappa shape index (κ1) is 65.6. The molecule has 0 amide bonds. The highest BCUT2D eigenvalue weighted by Crippen LogP contribution is 2.43. The zero-order chi connectivity index (χ0) is 50.5. The van der Waals surface area contributed by atoms with Crippen molar-refractivity contribution in [1.29, 1.82) is 0 Å². The fraction of sp³-hybridized carbons (Fsp3) is 0.617. The minimum Gasteiger partial charge on any atom is -0.457 e. The molecule has 0 bridgehead atoms. The third-order valence-corrected chi connectivity index (χ3v) is 11.7. The fourth-order valence-corrected chi connectivity index (χ4v) is 7.38. The number of unbranched alkanes of at least 4 members (excludes halogenated alkanes) is 12. The van der Waals surface area contributed by atoms with E-state index in [0.29, 0.717) is 17.6 Å². The first-order chi connectivity index (χ1) is 33.6. The van der Waals surface area contributed by atoms with Crippen LogP contribution in [0.25, 0.3) is 0 Å². The molecule has 0 aliphatic rings. The Kier molecular flexibility index (Phi) is 48.5. The summed E-state index contributed by atoms with van der Waals surface area (Å²) in [6, 6.07) is 0. The Morgan fingerprint density at radius 3 is 1.19 bits per heavy atom. The van der Waals surface area contributed by atoms with Gasteiger partial charge in [-0.3, -0.25) is 13.8 Å². The van der Waals surface area contributed by atoms with Crippen LogP contribution in [0.15, 0.2) is 134 Å². The molecule has 0 aliphatic carbocycles. The van der Waals surface area contributed by atoms with Crippen LogP contribution in [0.4, 0.5) is 0 Å². The second-order valence-corrected chi connectivity index (χ2v) is 19.9. The number of hydrogen-bond donors (Lipinski definition) is 1. The summed E-state index contributed by atoms with van der Waals surface area (Å²) < 4.78 is 35.2. The minimum atomic E-state index is -4.31. The molecule has 0 aliphatic heterocycles. The molecule has 0 spiro atoms. The molecule has 69 heavy (non-hydrogen) atoms. The van der Waals surface area contributed by atoms with Gasteiger partial charge in [0.1, 0.15) is 19.3 Å². The molecule has 0 aromatic rings. The van der Waals surface area contributed by atoms with Crippen molar-refractivity contribution in [3.8, 4) is 0 Å². The van der Waals surface area contributed by atoms with Crippen LogP contribution in [-0.4, -0.2) is 75.6 Å². The van der Waals surface area contributed by atoms with Gasteiger partial charge in [0.05, 0.1) is 34.4 Å². The van der Waals surface area contributed by atoms with Gasteiger partial charge in [-0.15, -0.1) is 0 Å². The lowest BCUT2D eigenvalue weighted by molar-refractivity contribution is -0.870. The topological polar surface area (TPSA) is 91.3 Å². The Morgan fingerprint density at radius 1 is 0.449 bits per heavy atom. The summed E-state index contributed by atoms with van der Waals surface area (Å²) in [6.45, 7) is 5.31. The Bertz CT molecular complexity index is 1560. The van der Waals surface area contributed by atoms with Gasteiger partial charge in [0.25, 0.3) is 0 Å². The molecular formula is C60H101NO7P+. The van der Waals surface area contributed by atoms with Crippen LogP contribution in [0, 0.1) is 0 Å². The number of carbonyl (C=O) groups excluding carboxylic acids is 1. The molecule has 0 fully saturated rings. The predicted molar refractivity (Wildman–Crippen MR) is 297 cm³/mol. The van der Waals surface area contributed by atoms with Crippen molar-refractivity contribution in [3.05, 3.63) is 134 Å². The number of phosphoric ester groups is 1. The average Bonchev–Trinajstić information content (AvgIpc) is 3.31. The third kappa shape index (κ3) is 55.4. The molecule has 9 heteroatoms. The molecule has 0 saturated heterocycles. The molecule has 0 aromatic carbocycles. The van der Waals surface area contributed by atoms with Crippen LogP contribution >= 0.6 is 7.82 Å². The SMILES string of the molecule is CC/C=C\C/C=C\C/C=C\C/C=C\C/C=C\C/C=C\CCCCCCC(=O)OC(COCCCCCCCCCC/C=C\C/C=C\C/C=C\C/C=C\C/C=C\CC)COP(=O)(O)OCC[N+](C)(C)C. The van der Waals surface area contributed by atoms with Crippen LogP contribution in [0.1, 0.15) is 181 Å². The summed E-state index contributed by atoms with van der Waals surface area (Å²) in [6.07, 6.45) is 75.0. The molecule has 0 aromatic heterocycles. The maximum Gasteiger partial charge on any atom is 0.472 e. The van der Waals surface area contributed by atoms with Crippen LogP contribution in [0.2, 0.25) is 0 Å². The van der Waals surface area contributed by atoms with E-state index < -0.39 is 13.9 Å². The number of phosphoric acid groups is 1. The van der Waals surface area contributed by atoms with Gasteiger partial charge in [0.15, 0.2) is 0 Å². The van der Waals surface area contributed by atoms with E-state index in [4.69, 9.17) is 18.5 Å². The normalized spacial score (nSPS) is 14.6. The van der Waals surface area contributed by atoms with Gasteiger partial charge >= 0.3 is 13.8 Å². The molecule has 0 saturated carbocycles. The summed E-state index contributed by atoms with van der Waals surface area (Å²) in [7, 11) is 1.62. The number of quaternary nitrogens is 1. The van der Waals surface area contributed by atoms with Gasteiger partial charge in [0.2, 0.25) is 0 Å². The molecule has 0 heterocycles. The van der Waals surface area contributed by atoms with E-state index in [2.05, 4.69) is 148 Å². The molecule has 1 N–H and O–H groups in total. The molecule has 0 radical (unpaired) electrons. The average molecular weight is 979 g/mol. The number of hydrogen-bond acceptors (Lipinski definition) is 6. The smallest absolute Gasteiger partial charge is 0.457 e. The van der Waals surface area contributed by atoms with Gasteiger partial charge in [-0.25, -0.2) is 4.57 Å². The molecule has 392 valence electrons. The van der Waals surface area contributed by atoms with Gasteiger partial charge in [-0.2, -0.15) is 0 Å². The standard InChI is InChI=1S/C60H100NO7P/c1-6-8-10-12-14-16-18-20-22-24-26-28-30-32-34-36-38-40-42-44-46-48-50-52-55-65-57-59(58-67-69(63,64)66-56-54-61(3,4)5)68-60(62)53-51-49-47-45-43-41-39-37-35-33-31-29-27-25-23-21-19-17-15-13-11-9-7-2/h8-11,14-17,20-23,26-29,32-35,39,41,59H,6-7,12-13,18-19,24-25,30-31,36-38,40,42-58H2,1-5H3/p+1/b10-8-,11-9-,16-14-,17-15-,22-20-,23-21-,28-26-,29-27-,34-32-,35-33-,41-39-. The first-order valence-corrected chi connectivity index (χ1v) is 28.4. The summed E-state index contributed by atoms with van der Waals surface area (Å²) in [5.41, 5.74) is 0. The maximum atomic E-state index is 12.8. The molecular weight excluding hydrogens is 878 g/mol. The summed E-state index contributed by atoms with van der Waals surface area (Å²) >= 11 is 0. The van der Waals surface area contributed by atoms with E-state index in [1.165, 1.54) is 38.5 Å². The number of esters is 1. The number of likely N-dealkylation sites (N-methyl/N-ethyl adjacent to an activating group) is 1. The van der Waals surface area contributed by atoms with Crippen molar-refractivity contribution >= 4 is 13.8 Å². The number of carbonyl (C=O) groups is 1. The maximum absolute atomic E-state index is 12.8. The largest absolute Gasteiger partial charge is 0.472 e. The first-order valence-electron chi connectivity index (χ1n) is 26.9. The Labute approximate surface area is 424 Å². The van der Waals surface area contributed by atoms with Crippen molar-refractivity contribution in [2.75, 3.05) is 54.1 Å². The van der Waals surface area contributed by atoms with Crippen molar-refractivity contribution in [2.24, 2.45) is 0 Å². The van der Waals surface area contributed by atoms with Crippen LogP contribution < -0.4 is 0 Å². The van der Waals surface area contributed by atoms with Gasteiger partial charge in [-0.1, -0.05) is 199 Å². The predicted octanol–water partition coefficient (Wildman–Crippen LogP) is 17.1. The van der Waals surface area contributed by atoms with Crippen LogP contribution in [0.5, 0.6) is 0 Å². The molecule has 8 nitrogen and oxygen atoms in total. The van der Waals surface area contributed by atoms with Crippen LogP contribution in [0.3, 0.4) is 0 Å². The summed E-state index contributed by atoms with van der Waals surface area (Å²) in [5, 5.41) is 0. The Hall–Kier alpha value is -3.36. The van der Waals surface area contributed by atoms with Crippen molar-refractivity contribution in [3.63, 3.8) is 0 Å². The highest BCUT2D eigenvalue weighted by atomic mass is 31.2. The van der Waals surface area contributed by atoms with E-state index in [1.807, 2.05) is 21.1 Å². The highest BCUT2D eigenvalue weighted by molar-refractivity contribution is 7.47. The second-order valence-electron chi connectivity index (χ2n) is 18.5. The summed E-state index contributed by atoms with van der Waals surface area (Å²) in [4.78, 5) is 23.0. The Morgan fingerprint density at radius 2 is 0.797 bits per heavy atom. The molecule has 2 atom stereocenters. The zero-order valence-electron chi connectivity index (χ0n) is 44.5. The van der Waals surface area contributed by atoms with Gasteiger partial charge in [-0.05, 0) is 109 Å². The van der Waals surface area contributed by atoms with E-state index in [9.17, 15) is 14.3 Å². The van der Waals surface area contributed by atoms with E-state index >= 15 is 0 Å². The minimum absolute atomic E-state index is 0.0728. The number of allylic oxidation sites excluding steroid dienone is 22. The van der Waals surface area contributed by atoms with Crippen molar-refractivity contribution in [1.82, 2.24) is 0 Å². The van der Waals surface area contributed by atoms with Crippen molar-refractivity contribution < 1.29 is 37.3 Å². The second kappa shape index (κ2) is 51.0. The lowest BCUT2D eigenvalue weighted by atomic mass is 10.1. The van der Waals surface area contributed by atoms with Crippen LogP contribution in [-0.2, 0) is 27.9 Å². The van der Waals surface area contributed by atoms with E-state index in [-0.39, 0.29) is 32.2 Å². The lowest BCUT2D eigenvalue weighted by Crippen LogP contribution is -2.37. The number of rotatable bonds is 48. The van der Waals surface area contributed by atoms with Crippen molar-refractivity contribution in [2.45, 2.75) is 187 Å². The monoisotopic (exact) mass is 979 g/mol. The van der Waals surface area contributed by atoms with Gasteiger partial charge < -0.3 is 18.9 Å². The number of nitrogens with zero attached hydrogens (tertiary/aromatic N) is 1. The highest BCUT2D eigenvalue weighted by Gasteiger charge is 2.26. The zero-order valence-corrected chi connectivity index (χ0v) is 45.4. The molecule has 2 unspecified atom stereocenters.